The Kier molecular flexibility index (Phi) is 14.2. The summed E-state index contributed by atoms with van der Waals surface area (Å²) in [5.74, 6) is 1.48. The minimum absolute atomic E-state index is 0.00632. The highest BCUT2D eigenvalue weighted by molar-refractivity contribution is 7.17. The van der Waals surface area contributed by atoms with Crippen molar-refractivity contribution in [1.29, 1.82) is 0 Å². The lowest BCUT2D eigenvalue weighted by Gasteiger charge is -2.40. The number of carbonyl (C=O) groups excluding carboxylic acids is 2. The third kappa shape index (κ3) is 10.5. The van der Waals surface area contributed by atoms with Crippen LogP contribution in [0, 0.1) is 0 Å². The van der Waals surface area contributed by atoms with Crippen LogP contribution in [0.25, 0.3) is 20.2 Å². The summed E-state index contributed by atoms with van der Waals surface area (Å²) in [4.78, 5) is 41.2. The van der Waals surface area contributed by atoms with E-state index in [0.717, 1.165) is 125 Å². The second kappa shape index (κ2) is 20.7. The molecule has 0 N–H and O–H groups in total. The van der Waals surface area contributed by atoms with Crippen LogP contribution in [0.15, 0.2) is 95.7 Å². The van der Waals surface area contributed by atoms with Gasteiger partial charge in [0.1, 0.15) is 25.0 Å². The molecule has 4 aromatic carbocycles. The number of hydrogen-bond donors (Lipinski definition) is 0. The molecule has 6 heterocycles. The van der Waals surface area contributed by atoms with Gasteiger partial charge in [0.2, 0.25) is 11.8 Å². The Balaban J connectivity index is 0.693. The lowest BCUT2D eigenvalue weighted by molar-refractivity contribution is -0.122. The van der Waals surface area contributed by atoms with Gasteiger partial charge in [0.15, 0.2) is 0 Å². The first-order valence-electron chi connectivity index (χ1n) is 25.1. The molecule has 11 nitrogen and oxygen atoms in total. The Morgan fingerprint density at radius 3 is 1.38 bits per heavy atom. The molecular weight excluding hydrogens is 901 g/mol. The maximum absolute atomic E-state index is 13.8. The number of carbonyl (C=O) groups is 2. The molecule has 2 aromatic heterocycles. The zero-order chi connectivity index (χ0) is 47.5. The van der Waals surface area contributed by atoms with Gasteiger partial charge in [0.25, 0.3) is 0 Å². The monoisotopic (exact) mass is 968 g/mol. The van der Waals surface area contributed by atoms with Crippen LogP contribution in [0.5, 0.6) is 11.5 Å². The van der Waals surface area contributed by atoms with E-state index in [0.29, 0.717) is 26.1 Å². The predicted octanol–water partition coefficient (Wildman–Crippen LogP) is 10.7. The molecule has 6 aromatic rings. The lowest BCUT2D eigenvalue weighted by Crippen LogP contribution is -2.46. The van der Waals surface area contributed by atoms with Crippen LogP contribution in [-0.2, 0) is 25.2 Å². The molecule has 0 unspecified atom stereocenters. The van der Waals surface area contributed by atoms with Gasteiger partial charge in [-0.1, -0.05) is 52.0 Å². The third-order valence-corrected chi connectivity index (χ3v) is 16.6. The number of amides is 2. The topological polar surface area (TPSA) is 81.3 Å². The average Bonchev–Trinajstić information content (AvgIpc) is 4.04. The molecule has 2 saturated heterocycles. The van der Waals surface area contributed by atoms with E-state index in [9.17, 15) is 9.59 Å². The van der Waals surface area contributed by atoms with Gasteiger partial charge in [-0.05, 0) is 109 Å². The minimum Gasteiger partial charge on any atom is -0.494 e. The fourth-order valence-corrected chi connectivity index (χ4v) is 12.5. The fraction of sp³-hybridized carbons (Fsp3) is 0.464. The van der Waals surface area contributed by atoms with Gasteiger partial charge in [0, 0.05) is 120 Å². The molecule has 10 rings (SSSR count). The minimum atomic E-state index is -0.332. The standard InChI is InChI=1S/C56H68N6O5S2/c1-55(2)37-53(63)61(49-35-41(15-17-45(49)55)66-31-7-5-21-57-23-27-59(28-24-57)47-11-9-13-51-43(47)19-33-68-51)39-65-40-62-50-36-42(16-18-46(50)56(3,4)38-54(62)64)67-32-8-6-22-58-25-29-60(30-26-58)48-12-10-14-52-44(48)20-34-69-52/h9-20,33-36H,5-8,21-32,37-40H2,1-4H3. The molecule has 4 aliphatic heterocycles. The molecule has 4 aliphatic rings. The summed E-state index contributed by atoms with van der Waals surface area (Å²) in [6.07, 6.45) is 4.76. The van der Waals surface area contributed by atoms with Gasteiger partial charge in [0.05, 0.1) is 24.6 Å². The summed E-state index contributed by atoms with van der Waals surface area (Å²) in [7, 11) is 0. The summed E-state index contributed by atoms with van der Waals surface area (Å²) in [6.45, 7) is 20.3. The van der Waals surface area contributed by atoms with E-state index in [-0.39, 0.29) is 36.1 Å². The number of thiophene rings is 2. The first-order chi connectivity index (χ1) is 33.5. The van der Waals surface area contributed by atoms with Gasteiger partial charge in [-0.15, -0.1) is 22.7 Å². The highest BCUT2D eigenvalue weighted by atomic mass is 32.1. The van der Waals surface area contributed by atoms with Crippen molar-refractivity contribution in [2.75, 3.05) is 112 Å². The van der Waals surface area contributed by atoms with Gasteiger partial charge >= 0.3 is 0 Å². The van der Waals surface area contributed by atoms with E-state index in [1.165, 1.54) is 31.5 Å². The molecule has 69 heavy (non-hydrogen) atoms. The number of benzene rings is 4. The third-order valence-electron chi connectivity index (χ3n) is 14.9. The fourth-order valence-electron chi connectivity index (χ4n) is 10.9. The SMILES string of the molecule is CC1(C)CC(=O)N(COCN2C(=O)CC(C)(C)c3ccc(OCCCCN4CCN(c5cccc6sccc56)CC4)cc32)c2cc(OCCCCN3CCN(c4cccc5sccc45)CC3)ccc21. The summed E-state index contributed by atoms with van der Waals surface area (Å²) >= 11 is 3.62. The van der Waals surface area contributed by atoms with Crippen molar-refractivity contribution in [3.8, 4) is 11.5 Å². The van der Waals surface area contributed by atoms with Gasteiger partial charge < -0.3 is 24.0 Å². The highest BCUT2D eigenvalue weighted by Crippen LogP contribution is 2.44. The van der Waals surface area contributed by atoms with Crippen molar-refractivity contribution < 1.29 is 23.8 Å². The van der Waals surface area contributed by atoms with Gasteiger partial charge in [-0.3, -0.25) is 29.2 Å². The Labute approximate surface area is 416 Å². The number of fused-ring (bicyclic) bond motifs is 4. The zero-order valence-electron chi connectivity index (χ0n) is 40.9. The maximum atomic E-state index is 13.8. The molecule has 0 saturated carbocycles. The maximum Gasteiger partial charge on any atom is 0.229 e. The molecule has 2 fully saturated rings. The first-order valence-corrected chi connectivity index (χ1v) is 26.9. The summed E-state index contributed by atoms with van der Waals surface area (Å²) in [5, 5.41) is 7.10. The number of piperazine rings is 2. The molecule has 0 radical (unpaired) electrons. The Morgan fingerprint density at radius 1 is 0.507 bits per heavy atom. The Morgan fingerprint density at radius 2 is 0.942 bits per heavy atom. The van der Waals surface area contributed by atoms with Crippen LogP contribution < -0.4 is 29.1 Å². The van der Waals surface area contributed by atoms with Crippen molar-refractivity contribution in [2.45, 2.75) is 77.0 Å². The van der Waals surface area contributed by atoms with Crippen molar-refractivity contribution in [2.24, 2.45) is 0 Å². The van der Waals surface area contributed by atoms with E-state index in [4.69, 9.17) is 14.2 Å². The molecule has 0 bridgehead atoms. The number of unbranched alkanes of at least 4 members (excludes halogenated alkanes) is 2. The second-order valence-electron chi connectivity index (χ2n) is 20.6. The molecule has 13 heteroatoms. The summed E-state index contributed by atoms with van der Waals surface area (Å²) in [5.41, 5.74) is 5.83. The number of anilines is 4. The van der Waals surface area contributed by atoms with Crippen LogP contribution >= 0.6 is 22.7 Å². The highest BCUT2D eigenvalue weighted by Gasteiger charge is 2.39. The number of ether oxygens (including phenoxy) is 3. The van der Waals surface area contributed by atoms with Crippen molar-refractivity contribution in [1.82, 2.24) is 9.80 Å². The lowest BCUT2D eigenvalue weighted by atomic mass is 9.77. The zero-order valence-corrected chi connectivity index (χ0v) is 42.6. The number of hydrogen-bond acceptors (Lipinski definition) is 11. The van der Waals surface area contributed by atoms with E-state index in [1.807, 2.05) is 46.9 Å². The molecule has 0 spiro atoms. The second-order valence-corrected chi connectivity index (χ2v) is 22.5. The molecule has 0 aliphatic carbocycles. The summed E-state index contributed by atoms with van der Waals surface area (Å²) < 4.78 is 21.7. The molecule has 2 amide bonds. The number of nitrogens with zero attached hydrogens (tertiary/aromatic N) is 6. The quantitative estimate of drug-likeness (QED) is 0.0782. The van der Waals surface area contributed by atoms with Crippen LogP contribution in [0.2, 0.25) is 0 Å². The molecule has 364 valence electrons. The van der Waals surface area contributed by atoms with Crippen LogP contribution in [0.3, 0.4) is 0 Å². The van der Waals surface area contributed by atoms with Crippen LogP contribution in [-0.4, -0.2) is 114 Å². The smallest absolute Gasteiger partial charge is 0.229 e. The van der Waals surface area contributed by atoms with E-state index < -0.39 is 0 Å². The van der Waals surface area contributed by atoms with Crippen LogP contribution in [0.4, 0.5) is 22.7 Å². The van der Waals surface area contributed by atoms with E-state index in [1.54, 1.807) is 9.80 Å². The molecular formula is C56H68N6O5S2. The average molecular weight is 969 g/mol. The van der Waals surface area contributed by atoms with E-state index in [2.05, 4.69) is 119 Å². The van der Waals surface area contributed by atoms with Crippen molar-refractivity contribution in [3.05, 3.63) is 107 Å². The Hall–Kier alpha value is -5.18. The van der Waals surface area contributed by atoms with Gasteiger partial charge in [-0.25, -0.2) is 0 Å². The largest absolute Gasteiger partial charge is 0.494 e. The Bertz CT molecular complexity index is 2570. The normalized spacial score (nSPS) is 18.6. The molecule has 0 atom stereocenters. The summed E-state index contributed by atoms with van der Waals surface area (Å²) in [6, 6.07) is 30.0. The predicted molar refractivity (Wildman–Crippen MR) is 284 cm³/mol. The van der Waals surface area contributed by atoms with Crippen molar-refractivity contribution >= 4 is 77.4 Å². The number of rotatable bonds is 18. The van der Waals surface area contributed by atoms with Crippen LogP contribution in [0.1, 0.15) is 77.3 Å². The first kappa shape index (κ1) is 47.5. The van der Waals surface area contributed by atoms with Gasteiger partial charge in [-0.2, -0.15) is 0 Å². The van der Waals surface area contributed by atoms with E-state index >= 15 is 0 Å². The van der Waals surface area contributed by atoms with Crippen molar-refractivity contribution in [3.63, 3.8) is 0 Å².